The zero-order chi connectivity index (χ0) is 14.5. The van der Waals surface area contributed by atoms with Gasteiger partial charge in [0.25, 0.3) is 0 Å². The van der Waals surface area contributed by atoms with Crippen LogP contribution in [0.1, 0.15) is 36.3 Å². The number of benzene rings is 1. The third-order valence-electron chi connectivity index (χ3n) is 3.34. The molecule has 1 N–H and O–H groups in total. The van der Waals surface area contributed by atoms with E-state index in [9.17, 15) is 4.39 Å². The van der Waals surface area contributed by atoms with E-state index >= 15 is 0 Å². The number of halogens is 2. The molecule has 1 unspecified atom stereocenters. The van der Waals surface area contributed by atoms with Crippen LogP contribution in [0.4, 0.5) is 4.39 Å². The Morgan fingerprint density at radius 2 is 2.15 bits per heavy atom. The summed E-state index contributed by atoms with van der Waals surface area (Å²) in [5.74, 6) is 0.528. The molecule has 0 bridgehead atoms. The van der Waals surface area contributed by atoms with Crippen molar-refractivity contribution >= 4 is 11.6 Å². The quantitative estimate of drug-likeness (QED) is 0.838. The molecule has 0 radical (unpaired) electrons. The molecule has 1 aromatic carbocycles. The van der Waals surface area contributed by atoms with E-state index in [0.717, 1.165) is 36.3 Å². The zero-order valence-corrected chi connectivity index (χ0v) is 12.5. The van der Waals surface area contributed by atoms with Gasteiger partial charge in [0.05, 0.1) is 11.3 Å². The highest BCUT2D eigenvalue weighted by Gasteiger charge is 2.16. The Morgan fingerprint density at radius 1 is 1.35 bits per heavy atom. The molecular formula is C16H19ClFNO. The molecule has 0 aliphatic rings. The maximum Gasteiger partial charge on any atom is 0.141 e. The molecule has 4 heteroatoms. The standard InChI is InChI=1S/C16H19ClFNO/c1-3-7-19-16(13-6-8-20-11(13)2)10-12-4-5-15(18)14(17)9-12/h4-6,8-9,16,19H,3,7,10H2,1-2H3. The minimum atomic E-state index is -0.382. The SMILES string of the molecule is CCCNC(Cc1ccc(F)c(Cl)c1)c1ccoc1C. The molecule has 2 nitrogen and oxygen atoms in total. The van der Waals surface area contributed by atoms with Crippen LogP contribution in [0.15, 0.2) is 34.9 Å². The largest absolute Gasteiger partial charge is 0.469 e. The molecule has 20 heavy (non-hydrogen) atoms. The Hall–Kier alpha value is -1.32. The second kappa shape index (κ2) is 6.91. The third-order valence-corrected chi connectivity index (χ3v) is 3.63. The van der Waals surface area contributed by atoms with E-state index < -0.39 is 0 Å². The van der Waals surface area contributed by atoms with E-state index in [1.54, 1.807) is 18.4 Å². The molecule has 0 aliphatic carbocycles. The van der Waals surface area contributed by atoms with Crippen molar-refractivity contribution in [3.8, 4) is 0 Å². The topological polar surface area (TPSA) is 25.2 Å². The Bertz CT molecular complexity index is 567. The molecule has 0 saturated carbocycles. The van der Waals surface area contributed by atoms with E-state index in [1.165, 1.54) is 6.07 Å². The molecule has 1 atom stereocenters. The normalized spacial score (nSPS) is 12.6. The van der Waals surface area contributed by atoms with Crippen LogP contribution >= 0.6 is 11.6 Å². The fourth-order valence-corrected chi connectivity index (χ4v) is 2.47. The summed E-state index contributed by atoms with van der Waals surface area (Å²) < 4.78 is 18.6. The Morgan fingerprint density at radius 3 is 2.75 bits per heavy atom. The van der Waals surface area contributed by atoms with Crippen LogP contribution in [0.2, 0.25) is 5.02 Å². The number of rotatable bonds is 6. The van der Waals surface area contributed by atoms with Gasteiger partial charge < -0.3 is 9.73 Å². The molecule has 108 valence electrons. The second-order valence-electron chi connectivity index (χ2n) is 4.89. The first-order chi connectivity index (χ1) is 9.61. The molecule has 2 rings (SSSR count). The molecular weight excluding hydrogens is 277 g/mol. The number of hydrogen-bond donors (Lipinski definition) is 1. The predicted molar refractivity (Wildman–Crippen MR) is 79.6 cm³/mol. The molecule has 2 aromatic rings. The maximum atomic E-state index is 13.2. The van der Waals surface area contributed by atoms with Gasteiger partial charge in [0.15, 0.2) is 0 Å². The van der Waals surface area contributed by atoms with Gasteiger partial charge in [-0.15, -0.1) is 0 Å². The minimum absolute atomic E-state index is 0.148. The molecule has 0 fully saturated rings. The first-order valence-corrected chi connectivity index (χ1v) is 7.21. The van der Waals surface area contributed by atoms with Crippen LogP contribution < -0.4 is 5.32 Å². The van der Waals surface area contributed by atoms with Crippen molar-refractivity contribution in [1.29, 1.82) is 0 Å². The fraction of sp³-hybridized carbons (Fsp3) is 0.375. The average molecular weight is 296 g/mol. The first-order valence-electron chi connectivity index (χ1n) is 6.83. The number of nitrogens with one attached hydrogen (secondary N) is 1. The third kappa shape index (κ3) is 3.62. The van der Waals surface area contributed by atoms with E-state index in [0.29, 0.717) is 0 Å². The Kier molecular flexibility index (Phi) is 5.21. The van der Waals surface area contributed by atoms with Crippen LogP contribution in [0.25, 0.3) is 0 Å². The van der Waals surface area contributed by atoms with Crippen molar-refractivity contribution in [2.75, 3.05) is 6.54 Å². The molecule has 0 spiro atoms. The summed E-state index contributed by atoms with van der Waals surface area (Å²) in [4.78, 5) is 0. The summed E-state index contributed by atoms with van der Waals surface area (Å²) in [5, 5.41) is 3.67. The maximum absolute atomic E-state index is 13.2. The van der Waals surface area contributed by atoms with Crippen LogP contribution in [-0.4, -0.2) is 6.54 Å². The minimum Gasteiger partial charge on any atom is -0.469 e. The lowest BCUT2D eigenvalue weighted by Gasteiger charge is -2.18. The number of aryl methyl sites for hydroxylation is 1. The van der Waals surface area contributed by atoms with E-state index in [-0.39, 0.29) is 16.9 Å². The zero-order valence-electron chi connectivity index (χ0n) is 11.7. The first kappa shape index (κ1) is 15.1. The highest BCUT2D eigenvalue weighted by Crippen LogP contribution is 2.25. The summed E-state index contributed by atoms with van der Waals surface area (Å²) >= 11 is 5.84. The Labute approximate surface area is 123 Å². The van der Waals surface area contributed by atoms with Crippen molar-refractivity contribution in [2.45, 2.75) is 32.7 Å². The fourth-order valence-electron chi connectivity index (χ4n) is 2.27. The molecule has 0 amide bonds. The molecule has 0 aliphatic heterocycles. The number of hydrogen-bond acceptors (Lipinski definition) is 2. The van der Waals surface area contributed by atoms with Gasteiger partial charge in [-0.3, -0.25) is 0 Å². The van der Waals surface area contributed by atoms with Crippen LogP contribution in [0.5, 0.6) is 0 Å². The van der Waals surface area contributed by atoms with Crippen molar-refractivity contribution < 1.29 is 8.81 Å². The lowest BCUT2D eigenvalue weighted by molar-refractivity contribution is 0.493. The monoisotopic (exact) mass is 295 g/mol. The predicted octanol–water partition coefficient (Wildman–Crippen LogP) is 4.66. The highest BCUT2D eigenvalue weighted by molar-refractivity contribution is 6.30. The number of furan rings is 1. The van der Waals surface area contributed by atoms with Crippen LogP contribution in [0.3, 0.4) is 0 Å². The highest BCUT2D eigenvalue weighted by atomic mass is 35.5. The lowest BCUT2D eigenvalue weighted by Crippen LogP contribution is -2.24. The Balaban J connectivity index is 2.19. The van der Waals surface area contributed by atoms with Gasteiger partial charge in [-0.2, -0.15) is 0 Å². The van der Waals surface area contributed by atoms with Crippen molar-refractivity contribution in [1.82, 2.24) is 5.32 Å². The van der Waals surface area contributed by atoms with E-state index in [1.807, 2.05) is 13.0 Å². The molecule has 1 aromatic heterocycles. The lowest BCUT2D eigenvalue weighted by atomic mass is 9.99. The molecule has 1 heterocycles. The van der Waals surface area contributed by atoms with Crippen molar-refractivity contribution in [2.24, 2.45) is 0 Å². The van der Waals surface area contributed by atoms with Crippen molar-refractivity contribution in [3.05, 3.63) is 58.3 Å². The van der Waals surface area contributed by atoms with Gasteiger partial charge in [0.1, 0.15) is 11.6 Å². The van der Waals surface area contributed by atoms with Gasteiger partial charge in [-0.25, -0.2) is 4.39 Å². The van der Waals surface area contributed by atoms with Gasteiger partial charge in [-0.1, -0.05) is 24.6 Å². The van der Waals surface area contributed by atoms with E-state index in [2.05, 4.69) is 12.2 Å². The van der Waals surface area contributed by atoms with Crippen LogP contribution in [-0.2, 0) is 6.42 Å². The van der Waals surface area contributed by atoms with Gasteiger partial charge in [-0.05, 0) is 50.1 Å². The van der Waals surface area contributed by atoms with Crippen molar-refractivity contribution in [3.63, 3.8) is 0 Å². The smallest absolute Gasteiger partial charge is 0.141 e. The summed E-state index contributed by atoms with van der Waals surface area (Å²) in [6, 6.07) is 7.00. The van der Waals surface area contributed by atoms with Gasteiger partial charge >= 0.3 is 0 Å². The van der Waals surface area contributed by atoms with Gasteiger partial charge in [0, 0.05) is 11.6 Å². The van der Waals surface area contributed by atoms with Gasteiger partial charge in [0.2, 0.25) is 0 Å². The van der Waals surface area contributed by atoms with E-state index in [4.69, 9.17) is 16.0 Å². The summed E-state index contributed by atoms with van der Waals surface area (Å²) in [6.07, 6.45) is 3.50. The van der Waals surface area contributed by atoms with Crippen LogP contribution in [0, 0.1) is 12.7 Å². The summed E-state index contributed by atoms with van der Waals surface area (Å²) in [7, 11) is 0. The molecule has 0 saturated heterocycles. The summed E-state index contributed by atoms with van der Waals surface area (Å²) in [6.45, 7) is 5.00. The average Bonchev–Trinajstić information content (AvgIpc) is 2.85. The summed E-state index contributed by atoms with van der Waals surface area (Å²) in [5.41, 5.74) is 2.14. The second-order valence-corrected chi connectivity index (χ2v) is 5.30.